The third-order valence-corrected chi connectivity index (χ3v) is 3.58. The number of unbranched alkanes of at least 4 members (excludes halogenated alkanes) is 1. The van der Waals surface area contributed by atoms with Gasteiger partial charge in [0.25, 0.3) is 0 Å². The highest BCUT2D eigenvalue weighted by Crippen LogP contribution is 2.27. The van der Waals surface area contributed by atoms with Crippen molar-refractivity contribution in [3.63, 3.8) is 0 Å². The second-order valence-electron chi connectivity index (χ2n) is 4.74. The average Bonchev–Trinajstić information content (AvgIpc) is 2.30. The van der Waals surface area contributed by atoms with Crippen molar-refractivity contribution in [2.45, 2.75) is 51.7 Å². The highest BCUT2D eigenvalue weighted by Gasteiger charge is 2.24. The molecule has 0 saturated carbocycles. The van der Waals surface area contributed by atoms with Gasteiger partial charge in [-0.3, -0.25) is 0 Å². The van der Waals surface area contributed by atoms with Crippen molar-refractivity contribution in [2.75, 3.05) is 0 Å². The largest absolute Gasteiger partial charge is 0.133 e. The molecule has 1 rings (SSSR count). The van der Waals surface area contributed by atoms with Gasteiger partial charge in [0, 0.05) is 0 Å². The second-order valence-corrected chi connectivity index (χ2v) is 4.74. The number of benzene rings is 1. The molecule has 15 heavy (non-hydrogen) atoms. The van der Waals surface area contributed by atoms with Crippen LogP contribution in [0, 0.1) is 0 Å². The fourth-order valence-corrected chi connectivity index (χ4v) is 2.13. The van der Waals surface area contributed by atoms with Gasteiger partial charge in [0.1, 0.15) is 7.28 Å². The maximum absolute atomic E-state index is 2.40. The summed E-state index contributed by atoms with van der Waals surface area (Å²) in [5.41, 5.74) is 1.50. The van der Waals surface area contributed by atoms with Crippen LogP contribution < -0.4 is 0 Å². The van der Waals surface area contributed by atoms with Crippen molar-refractivity contribution in [2.24, 2.45) is 0 Å². The van der Waals surface area contributed by atoms with Crippen LogP contribution in [-0.4, -0.2) is 7.28 Å². The first-order valence-electron chi connectivity index (χ1n) is 6.28. The van der Waals surface area contributed by atoms with E-state index in [4.69, 9.17) is 0 Å². The van der Waals surface area contributed by atoms with E-state index in [9.17, 15) is 0 Å². The first-order valence-corrected chi connectivity index (χ1v) is 6.28. The molecule has 0 N–H and O–H groups in total. The first-order chi connectivity index (χ1) is 7.23. The number of hydrogen-bond donors (Lipinski definition) is 0. The van der Waals surface area contributed by atoms with Gasteiger partial charge in [-0.25, -0.2) is 0 Å². The standard InChI is InChI=1S/C14H23B/c1-4-6-12-15-14(3,5-2)13-10-8-7-9-11-13/h7-11,15H,4-6,12H2,1-3H3. The SMILES string of the molecule is CCCCBC(C)(CC)c1ccccc1. The molecule has 1 aromatic rings. The fourth-order valence-electron chi connectivity index (χ4n) is 2.13. The minimum absolute atomic E-state index is 0.385. The van der Waals surface area contributed by atoms with Gasteiger partial charge in [-0.05, 0) is 10.9 Å². The Kier molecular flexibility index (Phi) is 4.94. The molecule has 1 heteroatoms. The van der Waals surface area contributed by atoms with Gasteiger partial charge in [-0.2, -0.15) is 0 Å². The van der Waals surface area contributed by atoms with Crippen LogP contribution in [-0.2, 0) is 5.31 Å². The van der Waals surface area contributed by atoms with E-state index in [1.165, 1.54) is 38.4 Å². The molecule has 0 saturated heterocycles. The first kappa shape index (κ1) is 12.4. The van der Waals surface area contributed by atoms with Crippen LogP contribution in [0.4, 0.5) is 0 Å². The van der Waals surface area contributed by atoms with E-state index in [0.717, 1.165) is 0 Å². The lowest BCUT2D eigenvalue weighted by Crippen LogP contribution is -2.28. The fraction of sp³-hybridized carbons (Fsp3) is 0.571. The molecule has 1 aromatic carbocycles. The summed E-state index contributed by atoms with van der Waals surface area (Å²) in [5, 5.41) is 0.385. The van der Waals surface area contributed by atoms with Crippen molar-refractivity contribution in [3.8, 4) is 0 Å². The minimum Gasteiger partial charge on any atom is -0.0766 e. The Balaban J connectivity index is 2.67. The second kappa shape index (κ2) is 6.00. The van der Waals surface area contributed by atoms with Gasteiger partial charge in [-0.1, -0.05) is 76.7 Å². The summed E-state index contributed by atoms with van der Waals surface area (Å²) in [7, 11) is 1.32. The Morgan fingerprint density at radius 2 is 1.80 bits per heavy atom. The lowest BCUT2D eigenvalue weighted by molar-refractivity contribution is 0.632. The van der Waals surface area contributed by atoms with Crippen molar-refractivity contribution in [3.05, 3.63) is 35.9 Å². The summed E-state index contributed by atoms with van der Waals surface area (Å²) in [5.74, 6) is 0. The third-order valence-electron chi connectivity index (χ3n) is 3.58. The van der Waals surface area contributed by atoms with Gasteiger partial charge in [0.15, 0.2) is 0 Å². The van der Waals surface area contributed by atoms with E-state index in [2.05, 4.69) is 51.1 Å². The van der Waals surface area contributed by atoms with Crippen LogP contribution >= 0.6 is 0 Å². The number of hydrogen-bond acceptors (Lipinski definition) is 0. The van der Waals surface area contributed by atoms with Gasteiger partial charge in [0.2, 0.25) is 0 Å². The van der Waals surface area contributed by atoms with Gasteiger partial charge in [0.05, 0.1) is 0 Å². The molecule has 0 aliphatic carbocycles. The van der Waals surface area contributed by atoms with Crippen LogP contribution in [0.25, 0.3) is 0 Å². The van der Waals surface area contributed by atoms with Crippen molar-refractivity contribution < 1.29 is 0 Å². The highest BCUT2D eigenvalue weighted by atomic mass is 14.2. The van der Waals surface area contributed by atoms with E-state index in [1.54, 1.807) is 0 Å². The zero-order chi connectivity index (χ0) is 11.1. The maximum atomic E-state index is 2.40. The molecule has 0 heterocycles. The Hall–Kier alpha value is -0.715. The predicted octanol–water partition coefficient (Wildman–Crippen LogP) is 3.97. The molecule has 0 fully saturated rings. The van der Waals surface area contributed by atoms with Crippen molar-refractivity contribution >= 4 is 7.28 Å². The molecule has 0 bridgehead atoms. The monoisotopic (exact) mass is 202 g/mol. The molecule has 0 radical (unpaired) electrons. The van der Waals surface area contributed by atoms with Crippen molar-refractivity contribution in [1.82, 2.24) is 0 Å². The Morgan fingerprint density at radius 1 is 1.13 bits per heavy atom. The van der Waals surface area contributed by atoms with E-state index in [-0.39, 0.29) is 0 Å². The summed E-state index contributed by atoms with van der Waals surface area (Å²) in [6.07, 6.45) is 5.27. The lowest BCUT2D eigenvalue weighted by atomic mass is 9.47. The topological polar surface area (TPSA) is 0 Å². The normalized spacial score (nSPS) is 14.6. The van der Waals surface area contributed by atoms with E-state index in [0.29, 0.717) is 5.31 Å². The molecule has 1 unspecified atom stereocenters. The molecule has 0 spiro atoms. The van der Waals surface area contributed by atoms with Crippen LogP contribution in [0.15, 0.2) is 30.3 Å². The Bertz CT molecular complexity index is 268. The summed E-state index contributed by atoms with van der Waals surface area (Å²) in [6.45, 7) is 6.97. The molecule has 1 atom stereocenters. The van der Waals surface area contributed by atoms with Crippen LogP contribution in [0.2, 0.25) is 6.32 Å². The Morgan fingerprint density at radius 3 is 2.33 bits per heavy atom. The number of rotatable bonds is 6. The van der Waals surface area contributed by atoms with Gasteiger partial charge < -0.3 is 0 Å². The summed E-state index contributed by atoms with van der Waals surface area (Å²) in [4.78, 5) is 0. The van der Waals surface area contributed by atoms with Crippen LogP contribution in [0.1, 0.15) is 45.6 Å². The molecular weight excluding hydrogens is 179 g/mol. The minimum atomic E-state index is 0.385. The van der Waals surface area contributed by atoms with Gasteiger partial charge >= 0.3 is 0 Å². The molecule has 0 amide bonds. The molecule has 0 aromatic heterocycles. The predicted molar refractivity (Wildman–Crippen MR) is 70.9 cm³/mol. The molecule has 0 nitrogen and oxygen atoms in total. The highest BCUT2D eigenvalue weighted by molar-refractivity contribution is 6.40. The van der Waals surface area contributed by atoms with Crippen LogP contribution in [0.3, 0.4) is 0 Å². The molecule has 0 aliphatic heterocycles. The molecule has 82 valence electrons. The maximum Gasteiger partial charge on any atom is 0.133 e. The lowest BCUT2D eigenvalue weighted by Gasteiger charge is -2.28. The zero-order valence-electron chi connectivity index (χ0n) is 10.4. The quantitative estimate of drug-likeness (QED) is 0.483. The summed E-state index contributed by atoms with van der Waals surface area (Å²) >= 11 is 0. The van der Waals surface area contributed by atoms with E-state index >= 15 is 0 Å². The molecule has 0 aliphatic rings. The van der Waals surface area contributed by atoms with Crippen LogP contribution in [0.5, 0.6) is 0 Å². The van der Waals surface area contributed by atoms with Gasteiger partial charge in [-0.15, -0.1) is 0 Å². The Labute approximate surface area is 95.3 Å². The average molecular weight is 202 g/mol. The third kappa shape index (κ3) is 3.41. The smallest absolute Gasteiger partial charge is 0.0766 e. The van der Waals surface area contributed by atoms with Crippen molar-refractivity contribution in [1.29, 1.82) is 0 Å². The summed E-state index contributed by atoms with van der Waals surface area (Å²) in [6, 6.07) is 11.0. The van der Waals surface area contributed by atoms with E-state index in [1.807, 2.05) is 0 Å². The molecular formula is C14H23B. The zero-order valence-corrected chi connectivity index (χ0v) is 10.4. The summed E-state index contributed by atoms with van der Waals surface area (Å²) < 4.78 is 0. The van der Waals surface area contributed by atoms with E-state index < -0.39 is 0 Å².